The van der Waals surface area contributed by atoms with Gasteiger partial charge in [-0.1, -0.05) is 11.6 Å². The van der Waals surface area contributed by atoms with Crippen LogP contribution in [0, 0.1) is 13.8 Å². The van der Waals surface area contributed by atoms with Crippen LogP contribution in [-0.2, 0) is 9.59 Å². The van der Waals surface area contributed by atoms with E-state index in [0.717, 1.165) is 10.6 Å². The highest BCUT2D eigenvalue weighted by molar-refractivity contribution is 7.16. The van der Waals surface area contributed by atoms with Gasteiger partial charge in [0, 0.05) is 15.5 Å². The molecule has 0 radical (unpaired) electrons. The molecule has 1 fully saturated rings. The fraction of sp³-hybridized carbons (Fsp3) is 0.150. The van der Waals surface area contributed by atoms with E-state index in [1.807, 2.05) is 13.8 Å². The van der Waals surface area contributed by atoms with Gasteiger partial charge in [0.2, 0.25) is 0 Å². The minimum atomic E-state index is -0.907. The standard InChI is InChI=1S/C20H15ClN2O4S/c1-10-11(2)28-20(22-10)23-16(14-4-3-9-27-14)15(18(25)19(23)26)17(24)12-5-7-13(21)8-6-12/h3-9,16,24H,1-2H3/b17-15+/t16-/m0/s1. The number of thiazole rings is 1. The Bertz CT molecular complexity index is 1080. The van der Waals surface area contributed by atoms with Crippen LogP contribution in [0.25, 0.3) is 5.76 Å². The third-order valence-corrected chi connectivity index (χ3v) is 5.92. The molecule has 2 aromatic heterocycles. The van der Waals surface area contributed by atoms with E-state index in [1.54, 1.807) is 36.4 Å². The minimum absolute atomic E-state index is 0.0484. The summed E-state index contributed by atoms with van der Waals surface area (Å²) in [7, 11) is 0. The van der Waals surface area contributed by atoms with Gasteiger partial charge in [-0.3, -0.25) is 14.5 Å². The monoisotopic (exact) mass is 414 g/mol. The second kappa shape index (κ2) is 6.92. The molecular formula is C20H15ClN2O4S. The molecule has 0 saturated carbocycles. The van der Waals surface area contributed by atoms with Gasteiger partial charge in [0.15, 0.2) is 5.13 Å². The molecule has 6 nitrogen and oxygen atoms in total. The highest BCUT2D eigenvalue weighted by Gasteiger charge is 2.49. The second-order valence-corrected chi connectivity index (χ2v) is 7.95. The lowest BCUT2D eigenvalue weighted by Gasteiger charge is -2.20. The zero-order valence-corrected chi connectivity index (χ0v) is 16.5. The predicted molar refractivity (Wildman–Crippen MR) is 107 cm³/mol. The molecule has 28 heavy (non-hydrogen) atoms. The summed E-state index contributed by atoms with van der Waals surface area (Å²) in [6, 6.07) is 8.78. The molecule has 1 aliphatic heterocycles. The molecule has 142 valence electrons. The largest absolute Gasteiger partial charge is 0.507 e. The van der Waals surface area contributed by atoms with E-state index in [1.165, 1.54) is 22.5 Å². The van der Waals surface area contributed by atoms with Crippen LogP contribution in [0.2, 0.25) is 5.02 Å². The normalized spacial score (nSPS) is 18.8. The second-order valence-electron chi connectivity index (χ2n) is 6.33. The summed E-state index contributed by atoms with van der Waals surface area (Å²) >= 11 is 7.22. The molecule has 1 aliphatic rings. The summed E-state index contributed by atoms with van der Waals surface area (Å²) in [5, 5.41) is 11.7. The number of ketones is 1. The van der Waals surface area contributed by atoms with Crippen LogP contribution in [0.4, 0.5) is 5.13 Å². The number of aryl methyl sites for hydroxylation is 2. The fourth-order valence-corrected chi connectivity index (χ4v) is 4.13. The van der Waals surface area contributed by atoms with Crippen molar-refractivity contribution in [2.45, 2.75) is 19.9 Å². The molecule has 0 aliphatic carbocycles. The molecule has 1 N–H and O–H groups in total. The highest BCUT2D eigenvalue weighted by Crippen LogP contribution is 2.43. The first-order valence-electron chi connectivity index (χ1n) is 8.43. The van der Waals surface area contributed by atoms with Crippen molar-refractivity contribution >= 4 is 45.5 Å². The minimum Gasteiger partial charge on any atom is -0.507 e. The van der Waals surface area contributed by atoms with Crippen LogP contribution >= 0.6 is 22.9 Å². The summed E-state index contributed by atoms with van der Waals surface area (Å²) in [6.45, 7) is 3.73. The SMILES string of the molecule is Cc1nc(N2C(=O)C(=O)/C(=C(/O)c3ccc(Cl)cc3)[C@@H]2c2ccco2)sc1C. The lowest BCUT2D eigenvalue weighted by molar-refractivity contribution is -0.132. The lowest BCUT2D eigenvalue weighted by Crippen LogP contribution is -2.29. The number of Topliss-reactive ketones (excluding diaryl/α,β-unsaturated/α-hetero) is 1. The average molecular weight is 415 g/mol. The van der Waals surface area contributed by atoms with Gasteiger partial charge in [-0.15, -0.1) is 11.3 Å². The Morgan fingerprint density at radius 3 is 2.50 bits per heavy atom. The number of nitrogens with zero attached hydrogens (tertiary/aromatic N) is 2. The summed E-state index contributed by atoms with van der Waals surface area (Å²) in [5.74, 6) is -1.48. The van der Waals surface area contributed by atoms with Gasteiger partial charge in [-0.2, -0.15) is 0 Å². The number of rotatable bonds is 3. The third-order valence-electron chi connectivity index (χ3n) is 4.60. The molecule has 8 heteroatoms. The molecule has 3 heterocycles. The zero-order valence-electron chi connectivity index (χ0n) is 15.0. The molecule has 1 amide bonds. The van der Waals surface area contributed by atoms with Crippen molar-refractivity contribution < 1.29 is 19.1 Å². The van der Waals surface area contributed by atoms with Crippen molar-refractivity contribution in [3.63, 3.8) is 0 Å². The van der Waals surface area contributed by atoms with E-state index < -0.39 is 17.7 Å². The van der Waals surface area contributed by atoms with Crippen molar-refractivity contribution in [1.82, 2.24) is 4.98 Å². The first-order valence-corrected chi connectivity index (χ1v) is 9.62. The number of aliphatic hydroxyl groups excluding tert-OH is 1. The number of carbonyl (C=O) groups excluding carboxylic acids is 2. The fourth-order valence-electron chi connectivity index (χ4n) is 3.07. The van der Waals surface area contributed by atoms with E-state index in [9.17, 15) is 14.7 Å². The Balaban J connectivity index is 1.92. The molecule has 3 aromatic rings. The van der Waals surface area contributed by atoms with E-state index in [0.29, 0.717) is 21.5 Å². The lowest BCUT2D eigenvalue weighted by atomic mass is 9.99. The van der Waals surface area contributed by atoms with Crippen molar-refractivity contribution in [3.8, 4) is 0 Å². The maximum atomic E-state index is 12.9. The number of carbonyl (C=O) groups is 2. The molecule has 0 bridgehead atoms. The molecule has 1 saturated heterocycles. The van der Waals surface area contributed by atoms with E-state index >= 15 is 0 Å². The predicted octanol–water partition coefficient (Wildman–Crippen LogP) is 4.63. The first kappa shape index (κ1) is 18.5. The maximum absolute atomic E-state index is 12.9. The molecular weight excluding hydrogens is 400 g/mol. The van der Waals surface area contributed by atoms with Crippen LogP contribution < -0.4 is 4.90 Å². The quantitative estimate of drug-likeness (QED) is 0.383. The molecule has 4 rings (SSSR count). The van der Waals surface area contributed by atoms with E-state index in [2.05, 4.69) is 4.98 Å². The topological polar surface area (TPSA) is 83.6 Å². The Hall–Kier alpha value is -2.90. The first-order chi connectivity index (χ1) is 13.4. The van der Waals surface area contributed by atoms with Crippen LogP contribution in [0.15, 0.2) is 52.7 Å². The molecule has 1 atom stereocenters. The highest BCUT2D eigenvalue weighted by atomic mass is 35.5. The number of hydrogen-bond acceptors (Lipinski definition) is 6. The van der Waals surface area contributed by atoms with Crippen LogP contribution in [0.1, 0.15) is 27.9 Å². The van der Waals surface area contributed by atoms with Crippen molar-refractivity contribution in [1.29, 1.82) is 0 Å². The third kappa shape index (κ3) is 2.93. The van der Waals surface area contributed by atoms with Gasteiger partial charge in [0.25, 0.3) is 5.78 Å². The molecule has 0 unspecified atom stereocenters. The van der Waals surface area contributed by atoms with Gasteiger partial charge in [-0.25, -0.2) is 4.98 Å². The van der Waals surface area contributed by atoms with Gasteiger partial charge in [0.05, 0.1) is 17.5 Å². The van der Waals surface area contributed by atoms with Crippen LogP contribution in [-0.4, -0.2) is 21.8 Å². The van der Waals surface area contributed by atoms with Crippen LogP contribution in [0.5, 0.6) is 0 Å². The maximum Gasteiger partial charge on any atom is 0.302 e. The zero-order chi connectivity index (χ0) is 20.0. The van der Waals surface area contributed by atoms with E-state index in [4.69, 9.17) is 16.0 Å². The summed E-state index contributed by atoms with van der Waals surface area (Å²) in [6.07, 6.45) is 1.45. The number of amides is 1. The van der Waals surface area contributed by atoms with Gasteiger partial charge >= 0.3 is 5.91 Å². The van der Waals surface area contributed by atoms with Crippen molar-refractivity contribution in [2.24, 2.45) is 0 Å². The number of hydrogen-bond donors (Lipinski definition) is 1. The average Bonchev–Trinajstić information content (AvgIpc) is 3.36. The number of aromatic nitrogens is 1. The van der Waals surface area contributed by atoms with Gasteiger partial charge < -0.3 is 9.52 Å². The molecule has 0 spiro atoms. The number of aliphatic hydroxyl groups is 1. The summed E-state index contributed by atoms with van der Waals surface area (Å²) in [4.78, 5) is 32.4. The van der Waals surface area contributed by atoms with Crippen LogP contribution in [0.3, 0.4) is 0 Å². The number of benzene rings is 1. The van der Waals surface area contributed by atoms with Gasteiger partial charge in [0.1, 0.15) is 17.6 Å². The van der Waals surface area contributed by atoms with E-state index in [-0.39, 0.29) is 11.3 Å². The molecule has 1 aromatic carbocycles. The smallest absolute Gasteiger partial charge is 0.302 e. The Morgan fingerprint density at radius 1 is 1.21 bits per heavy atom. The summed E-state index contributed by atoms with van der Waals surface area (Å²) in [5.41, 5.74) is 1.11. The Labute approximate surface area is 169 Å². The number of furan rings is 1. The summed E-state index contributed by atoms with van der Waals surface area (Å²) < 4.78 is 5.50. The van der Waals surface area contributed by atoms with Crippen molar-refractivity contribution in [3.05, 3.63) is 75.2 Å². The van der Waals surface area contributed by atoms with Gasteiger partial charge in [-0.05, 0) is 50.2 Å². The Kier molecular flexibility index (Phi) is 4.56. The number of anilines is 1. The van der Waals surface area contributed by atoms with Crippen molar-refractivity contribution in [2.75, 3.05) is 4.90 Å². The number of halogens is 1. The Morgan fingerprint density at radius 2 is 1.93 bits per heavy atom.